The van der Waals surface area contributed by atoms with Crippen molar-refractivity contribution in [2.45, 2.75) is 6.42 Å². The molecule has 0 rings (SSSR count). The summed E-state index contributed by atoms with van der Waals surface area (Å²) in [6, 6.07) is 0. The highest BCUT2D eigenvalue weighted by Crippen LogP contribution is 1.79. The van der Waals surface area contributed by atoms with Crippen LogP contribution in [-0.4, -0.2) is 51.1 Å². The second kappa shape index (κ2) is 6.21. The van der Waals surface area contributed by atoms with Crippen LogP contribution in [0.2, 0.25) is 0 Å². The van der Waals surface area contributed by atoms with Gasteiger partial charge >= 0.3 is 0 Å². The molecule has 0 bridgehead atoms. The summed E-state index contributed by atoms with van der Waals surface area (Å²) in [6.07, 6.45) is 0.973. The van der Waals surface area contributed by atoms with Gasteiger partial charge in [0, 0.05) is 13.0 Å². The molecule has 2 nitrogen and oxygen atoms in total. The molecule has 0 aliphatic heterocycles. The fourth-order valence-corrected chi connectivity index (χ4v) is 0.582. The Morgan fingerprint density at radius 2 is 1.55 bits per heavy atom. The van der Waals surface area contributed by atoms with Crippen molar-refractivity contribution >= 4 is 0 Å². The van der Waals surface area contributed by atoms with Crippen LogP contribution in [0.3, 0.4) is 0 Å². The van der Waals surface area contributed by atoms with Gasteiger partial charge in [-0.05, 0) is 28.2 Å². The summed E-state index contributed by atoms with van der Waals surface area (Å²) in [6.45, 7) is 1.92. The normalized spacial score (nSPS) is 10.0. The summed E-state index contributed by atoms with van der Waals surface area (Å²) in [5, 5.41) is 0. The van der Waals surface area contributed by atoms with E-state index in [0.717, 1.165) is 19.5 Å². The molecule has 0 fully saturated rings. The van der Waals surface area contributed by atoms with Crippen molar-refractivity contribution in [1.29, 1.82) is 0 Å². The van der Waals surface area contributed by atoms with Crippen LogP contribution in [0.1, 0.15) is 6.42 Å². The molecule has 0 aliphatic rings. The molecule has 11 heavy (non-hydrogen) atoms. The van der Waals surface area contributed by atoms with E-state index >= 15 is 0 Å². The van der Waals surface area contributed by atoms with Gasteiger partial charge in [0.1, 0.15) is 0 Å². The van der Waals surface area contributed by atoms with Crippen molar-refractivity contribution in [3.05, 3.63) is 0 Å². The number of rotatable bonds is 3. The van der Waals surface area contributed by atoms with Crippen molar-refractivity contribution in [3.8, 4) is 11.8 Å². The lowest BCUT2D eigenvalue weighted by molar-refractivity contribution is 0.419. The van der Waals surface area contributed by atoms with Gasteiger partial charge in [-0.1, -0.05) is 5.92 Å². The molecule has 0 saturated heterocycles. The van der Waals surface area contributed by atoms with Gasteiger partial charge in [0.05, 0.1) is 6.54 Å². The van der Waals surface area contributed by atoms with Gasteiger partial charge < -0.3 is 4.90 Å². The molecule has 0 aromatic heterocycles. The minimum atomic E-state index is 0.868. The minimum Gasteiger partial charge on any atom is -0.308 e. The molecule has 0 spiro atoms. The van der Waals surface area contributed by atoms with Gasteiger partial charge in [0.25, 0.3) is 0 Å². The Bertz CT molecular complexity index is 139. The lowest BCUT2D eigenvalue weighted by Gasteiger charge is -2.04. The summed E-state index contributed by atoms with van der Waals surface area (Å²) >= 11 is 0. The van der Waals surface area contributed by atoms with Crippen LogP contribution < -0.4 is 0 Å². The molecular formula is C9H18N2. The molecule has 64 valence electrons. The van der Waals surface area contributed by atoms with E-state index in [1.807, 2.05) is 14.1 Å². The highest BCUT2D eigenvalue weighted by atomic mass is 15.0. The van der Waals surface area contributed by atoms with E-state index in [9.17, 15) is 0 Å². The smallest absolute Gasteiger partial charge is 0.0596 e. The summed E-state index contributed by atoms with van der Waals surface area (Å²) in [4.78, 5) is 4.22. The predicted molar refractivity (Wildman–Crippen MR) is 49.5 cm³/mol. The monoisotopic (exact) mass is 154 g/mol. The average molecular weight is 154 g/mol. The van der Waals surface area contributed by atoms with E-state index in [4.69, 9.17) is 0 Å². The first-order chi connectivity index (χ1) is 5.13. The van der Waals surface area contributed by atoms with Gasteiger partial charge in [0.2, 0.25) is 0 Å². The number of nitrogens with zero attached hydrogens (tertiary/aromatic N) is 2. The molecule has 0 atom stereocenters. The van der Waals surface area contributed by atoms with Crippen LogP contribution in [0.25, 0.3) is 0 Å². The zero-order valence-electron chi connectivity index (χ0n) is 8.02. The predicted octanol–water partition coefficient (Wildman–Crippen LogP) is 0.503. The van der Waals surface area contributed by atoms with Crippen molar-refractivity contribution in [2.24, 2.45) is 0 Å². The van der Waals surface area contributed by atoms with Crippen LogP contribution in [0.15, 0.2) is 0 Å². The quantitative estimate of drug-likeness (QED) is 0.546. The Labute approximate surface area is 70.2 Å². The molecule has 2 heteroatoms. The van der Waals surface area contributed by atoms with Gasteiger partial charge in [-0.15, -0.1) is 5.92 Å². The molecule has 0 heterocycles. The van der Waals surface area contributed by atoms with Gasteiger partial charge in [-0.25, -0.2) is 0 Å². The highest BCUT2D eigenvalue weighted by Gasteiger charge is 1.84. The second-order valence-corrected chi connectivity index (χ2v) is 3.14. The molecule has 0 N–H and O–H groups in total. The Balaban J connectivity index is 3.26. The van der Waals surface area contributed by atoms with E-state index in [-0.39, 0.29) is 0 Å². The lowest BCUT2D eigenvalue weighted by atomic mass is 10.4. The standard InChI is InChI=1S/C9H18N2/c1-10(2)8-6-5-7-9-11(3)4/h6,8-9H2,1-4H3. The van der Waals surface area contributed by atoms with Gasteiger partial charge in [-0.3, -0.25) is 4.90 Å². The summed E-state index contributed by atoms with van der Waals surface area (Å²) in [5.74, 6) is 6.20. The second-order valence-electron chi connectivity index (χ2n) is 3.14. The Hall–Kier alpha value is -0.520. The van der Waals surface area contributed by atoms with Crippen molar-refractivity contribution in [1.82, 2.24) is 9.80 Å². The fraction of sp³-hybridized carbons (Fsp3) is 0.778. The van der Waals surface area contributed by atoms with E-state index in [1.165, 1.54) is 0 Å². The molecule has 0 amide bonds. The van der Waals surface area contributed by atoms with Crippen LogP contribution >= 0.6 is 0 Å². The molecule has 0 aliphatic carbocycles. The maximum Gasteiger partial charge on any atom is 0.0596 e. The summed E-state index contributed by atoms with van der Waals surface area (Å²) in [7, 11) is 8.18. The Kier molecular flexibility index (Phi) is 5.91. The van der Waals surface area contributed by atoms with Gasteiger partial charge in [-0.2, -0.15) is 0 Å². The molecule has 0 saturated carbocycles. The third-order valence-electron chi connectivity index (χ3n) is 1.20. The maximum atomic E-state index is 3.11. The topological polar surface area (TPSA) is 6.48 Å². The first-order valence-corrected chi connectivity index (χ1v) is 3.88. The van der Waals surface area contributed by atoms with Crippen LogP contribution in [0, 0.1) is 11.8 Å². The summed E-state index contributed by atoms with van der Waals surface area (Å²) < 4.78 is 0. The van der Waals surface area contributed by atoms with E-state index in [1.54, 1.807) is 0 Å². The minimum absolute atomic E-state index is 0.868. The summed E-state index contributed by atoms with van der Waals surface area (Å²) in [5.41, 5.74) is 0. The zero-order valence-corrected chi connectivity index (χ0v) is 8.02. The number of hydrogen-bond donors (Lipinski definition) is 0. The average Bonchev–Trinajstić information content (AvgIpc) is 1.85. The Morgan fingerprint density at radius 3 is 2.00 bits per heavy atom. The largest absolute Gasteiger partial charge is 0.308 e. The van der Waals surface area contributed by atoms with Crippen LogP contribution in [0.5, 0.6) is 0 Å². The maximum absolute atomic E-state index is 3.11. The molecule has 0 aromatic rings. The zero-order chi connectivity index (χ0) is 8.69. The third kappa shape index (κ3) is 9.48. The first-order valence-electron chi connectivity index (χ1n) is 3.88. The SMILES string of the molecule is CN(C)CC#CCCN(C)C. The van der Waals surface area contributed by atoms with E-state index in [0.29, 0.717) is 0 Å². The van der Waals surface area contributed by atoms with Gasteiger partial charge in [0.15, 0.2) is 0 Å². The van der Waals surface area contributed by atoms with Crippen molar-refractivity contribution < 1.29 is 0 Å². The van der Waals surface area contributed by atoms with Crippen molar-refractivity contribution in [2.75, 3.05) is 41.3 Å². The number of hydrogen-bond acceptors (Lipinski definition) is 2. The molecule has 0 aromatic carbocycles. The lowest BCUT2D eigenvalue weighted by Crippen LogP contribution is -2.13. The fourth-order valence-electron chi connectivity index (χ4n) is 0.582. The third-order valence-corrected chi connectivity index (χ3v) is 1.20. The van der Waals surface area contributed by atoms with Crippen LogP contribution in [-0.2, 0) is 0 Å². The molecule has 0 radical (unpaired) electrons. The van der Waals surface area contributed by atoms with Crippen molar-refractivity contribution in [3.63, 3.8) is 0 Å². The molecular weight excluding hydrogens is 136 g/mol. The Morgan fingerprint density at radius 1 is 0.909 bits per heavy atom. The molecule has 0 unspecified atom stereocenters. The van der Waals surface area contributed by atoms with E-state index < -0.39 is 0 Å². The van der Waals surface area contributed by atoms with Crippen LogP contribution in [0.4, 0.5) is 0 Å². The first kappa shape index (κ1) is 10.5. The van der Waals surface area contributed by atoms with E-state index in [2.05, 4.69) is 35.7 Å². The highest BCUT2D eigenvalue weighted by molar-refractivity contribution is 5.00.